The summed E-state index contributed by atoms with van der Waals surface area (Å²) in [6.07, 6.45) is -1.37. The van der Waals surface area contributed by atoms with Gasteiger partial charge in [-0.2, -0.15) is 0 Å². The van der Waals surface area contributed by atoms with E-state index in [1.54, 1.807) is 18.2 Å². The van der Waals surface area contributed by atoms with Crippen molar-refractivity contribution in [3.63, 3.8) is 0 Å². The molecule has 0 spiro atoms. The van der Waals surface area contributed by atoms with Crippen molar-refractivity contribution in [2.75, 3.05) is 13.7 Å². The third-order valence-electron chi connectivity index (χ3n) is 7.62. The van der Waals surface area contributed by atoms with Crippen molar-refractivity contribution in [3.8, 4) is 28.7 Å². The van der Waals surface area contributed by atoms with Crippen LogP contribution < -0.4 is 9.47 Å². The molecule has 7 atom stereocenters. The van der Waals surface area contributed by atoms with E-state index in [2.05, 4.69) is 0 Å². The van der Waals surface area contributed by atoms with Crippen LogP contribution in [0.4, 0.5) is 0 Å². The Hall–Kier alpha value is -3.60. The zero-order chi connectivity index (χ0) is 24.8. The van der Waals surface area contributed by atoms with Gasteiger partial charge in [-0.05, 0) is 23.3 Å². The largest absolute Gasteiger partial charge is 0.508 e. The molecule has 3 aliphatic carbocycles. The van der Waals surface area contributed by atoms with Gasteiger partial charge < -0.3 is 39.7 Å². The number of carbonyl (C=O) groups excluding carboxylic acids is 2. The molecule has 1 saturated heterocycles. The maximum atomic E-state index is 13.3. The van der Waals surface area contributed by atoms with E-state index in [0.29, 0.717) is 11.1 Å². The van der Waals surface area contributed by atoms with Crippen LogP contribution in [-0.2, 0) is 9.53 Å². The molecule has 6 unspecified atom stereocenters. The number of ketones is 2. The standard InChI is InChI=1S/C25H22O10/c1-33-16-4-9(2-3-14(16)27)18-11-7-12(20-13(18)8-34-25(20,32)24(11)31)23-22(30)21(29)19-15(28)5-10(26)6-17(19)35-23/h2-7,11,13,18,20,22-23,26-28,30,32H,8H2,1H3/t11?,13?,18?,20?,22?,23?,25-/m1/s1. The Labute approximate surface area is 198 Å². The minimum Gasteiger partial charge on any atom is -0.508 e. The molecule has 2 fully saturated rings. The number of phenols is 3. The Kier molecular flexibility index (Phi) is 4.51. The fraction of sp³-hybridized carbons (Fsp3) is 0.360. The monoisotopic (exact) mass is 482 g/mol. The fourth-order valence-electron chi connectivity index (χ4n) is 6.16. The van der Waals surface area contributed by atoms with E-state index >= 15 is 0 Å². The molecule has 2 aliphatic heterocycles. The average Bonchev–Trinajstić information content (AvgIpc) is 3.14. The molecular formula is C25H22O10. The number of methoxy groups -OCH3 is 1. The van der Waals surface area contributed by atoms with Crippen LogP contribution in [0.1, 0.15) is 21.8 Å². The van der Waals surface area contributed by atoms with Crippen molar-refractivity contribution in [2.45, 2.75) is 23.9 Å². The van der Waals surface area contributed by atoms with Gasteiger partial charge in [-0.15, -0.1) is 0 Å². The Morgan fingerprint density at radius 2 is 1.86 bits per heavy atom. The lowest BCUT2D eigenvalue weighted by Gasteiger charge is -2.50. The van der Waals surface area contributed by atoms with Crippen LogP contribution in [0.15, 0.2) is 42.0 Å². The molecule has 5 N–H and O–H groups in total. The summed E-state index contributed by atoms with van der Waals surface area (Å²) >= 11 is 0. The van der Waals surface area contributed by atoms with E-state index in [-0.39, 0.29) is 35.2 Å². The zero-order valence-corrected chi connectivity index (χ0v) is 18.4. The number of rotatable bonds is 3. The highest BCUT2D eigenvalue weighted by Crippen LogP contribution is 2.61. The van der Waals surface area contributed by atoms with Gasteiger partial charge in [0.2, 0.25) is 11.6 Å². The molecule has 0 amide bonds. The highest BCUT2D eigenvalue weighted by Gasteiger charge is 2.69. The summed E-state index contributed by atoms with van der Waals surface area (Å²) in [4.78, 5) is 26.2. The predicted octanol–water partition coefficient (Wildman–Crippen LogP) is 0.990. The van der Waals surface area contributed by atoms with Crippen molar-refractivity contribution >= 4 is 11.6 Å². The number of hydrogen-bond donors (Lipinski definition) is 5. The number of hydrogen-bond acceptors (Lipinski definition) is 10. The van der Waals surface area contributed by atoms with Crippen LogP contribution in [0.3, 0.4) is 0 Å². The number of allylic oxidation sites excluding steroid dienone is 1. The number of ether oxygens (including phenoxy) is 3. The number of aliphatic hydroxyl groups is 2. The molecule has 0 aromatic heterocycles. The highest BCUT2D eigenvalue weighted by atomic mass is 16.6. The summed E-state index contributed by atoms with van der Waals surface area (Å²) in [5.41, 5.74) is 0.796. The zero-order valence-electron chi connectivity index (χ0n) is 18.4. The number of phenolic OH excluding ortho intramolecular Hbond substituents is 3. The third-order valence-corrected chi connectivity index (χ3v) is 7.62. The summed E-state index contributed by atoms with van der Waals surface area (Å²) in [5.74, 6) is -6.84. The summed E-state index contributed by atoms with van der Waals surface area (Å²) < 4.78 is 16.7. The Balaban J connectivity index is 1.46. The molecule has 2 aromatic rings. The number of benzene rings is 2. The number of fused-ring (bicyclic) bond motifs is 1. The van der Waals surface area contributed by atoms with Crippen molar-refractivity contribution < 1.29 is 49.3 Å². The molecule has 0 radical (unpaired) electrons. The van der Waals surface area contributed by atoms with Gasteiger partial charge in [-0.3, -0.25) is 9.59 Å². The minimum atomic E-state index is -2.13. The van der Waals surface area contributed by atoms with E-state index in [1.165, 1.54) is 13.2 Å². The minimum absolute atomic E-state index is 0.0452. The SMILES string of the molecule is COc1cc(C2C3C=C(C4Oc5cc(O)cc(O)c5C(=O)C4O)C4C2CO[C@@]4(O)C3=O)ccc1O. The van der Waals surface area contributed by atoms with Gasteiger partial charge in [0.05, 0.1) is 19.6 Å². The first-order valence-corrected chi connectivity index (χ1v) is 11.1. The summed E-state index contributed by atoms with van der Waals surface area (Å²) in [7, 11) is 1.42. The average molecular weight is 482 g/mol. The van der Waals surface area contributed by atoms with E-state index in [4.69, 9.17) is 14.2 Å². The molecule has 35 heavy (non-hydrogen) atoms. The summed E-state index contributed by atoms with van der Waals surface area (Å²) in [6.45, 7) is 0.0452. The quantitative estimate of drug-likeness (QED) is 0.399. The first kappa shape index (κ1) is 21.9. The summed E-state index contributed by atoms with van der Waals surface area (Å²) in [6, 6.07) is 6.91. The van der Waals surface area contributed by atoms with Crippen LogP contribution in [0.5, 0.6) is 28.7 Å². The van der Waals surface area contributed by atoms with Gasteiger partial charge in [-0.25, -0.2) is 0 Å². The maximum absolute atomic E-state index is 13.3. The second kappa shape index (κ2) is 7.20. The predicted molar refractivity (Wildman–Crippen MR) is 116 cm³/mol. The van der Waals surface area contributed by atoms with Gasteiger partial charge in [0, 0.05) is 29.9 Å². The van der Waals surface area contributed by atoms with E-state index in [0.717, 1.165) is 12.1 Å². The lowest BCUT2D eigenvalue weighted by atomic mass is 9.55. The lowest BCUT2D eigenvalue weighted by molar-refractivity contribution is -0.206. The van der Waals surface area contributed by atoms with E-state index < -0.39 is 59.0 Å². The molecule has 1 saturated carbocycles. The van der Waals surface area contributed by atoms with Gasteiger partial charge in [0.15, 0.2) is 29.5 Å². The van der Waals surface area contributed by atoms with Crippen molar-refractivity contribution in [2.24, 2.45) is 17.8 Å². The first-order valence-electron chi connectivity index (χ1n) is 11.1. The Morgan fingerprint density at radius 3 is 2.60 bits per heavy atom. The van der Waals surface area contributed by atoms with E-state index in [1.807, 2.05) is 0 Å². The molecular weight excluding hydrogens is 460 g/mol. The molecule has 182 valence electrons. The molecule has 2 heterocycles. The van der Waals surface area contributed by atoms with Gasteiger partial charge in [0.1, 0.15) is 22.8 Å². The van der Waals surface area contributed by atoms with E-state index in [9.17, 15) is 35.1 Å². The smallest absolute Gasteiger partial charge is 0.234 e. The maximum Gasteiger partial charge on any atom is 0.234 e. The second-order valence-corrected chi connectivity index (χ2v) is 9.35. The topological polar surface area (TPSA) is 163 Å². The van der Waals surface area contributed by atoms with Crippen molar-refractivity contribution in [3.05, 3.63) is 53.1 Å². The van der Waals surface area contributed by atoms with Crippen LogP contribution in [0.2, 0.25) is 0 Å². The van der Waals surface area contributed by atoms with Crippen LogP contribution in [-0.4, -0.2) is 68.8 Å². The normalized spacial score (nSPS) is 34.9. The number of aromatic hydroxyl groups is 3. The Bertz CT molecular complexity index is 1320. The number of Topliss-reactive ketones (excluding diaryl/α,β-unsaturated/α-hetero) is 2. The molecule has 5 aliphatic rings. The molecule has 7 rings (SSSR count). The third kappa shape index (κ3) is 2.81. The number of carbonyl (C=O) groups is 2. The molecule has 4 bridgehead atoms. The highest BCUT2D eigenvalue weighted by molar-refractivity contribution is 6.06. The van der Waals surface area contributed by atoms with Gasteiger partial charge in [-0.1, -0.05) is 12.1 Å². The van der Waals surface area contributed by atoms with Crippen molar-refractivity contribution in [1.82, 2.24) is 0 Å². The van der Waals surface area contributed by atoms with Crippen LogP contribution in [0.25, 0.3) is 0 Å². The van der Waals surface area contributed by atoms with Gasteiger partial charge in [0.25, 0.3) is 0 Å². The fourth-order valence-corrected chi connectivity index (χ4v) is 6.16. The molecule has 10 heteroatoms. The van der Waals surface area contributed by atoms with Crippen LogP contribution >= 0.6 is 0 Å². The molecule has 2 aromatic carbocycles. The summed E-state index contributed by atoms with van der Waals surface area (Å²) in [5, 5.41) is 52.0. The Morgan fingerprint density at radius 1 is 1.09 bits per heavy atom. The molecule has 10 nitrogen and oxygen atoms in total. The second-order valence-electron chi connectivity index (χ2n) is 9.35. The van der Waals surface area contributed by atoms with Crippen molar-refractivity contribution in [1.29, 1.82) is 0 Å². The van der Waals surface area contributed by atoms with Gasteiger partial charge >= 0.3 is 0 Å². The first-order chi connectivity index (χ1) is 16.7. The number of aliphatic hydroxyl groups excluding tert-OH is 1. The van der Waals surface area contributed by atoms with Crippen LogP contribution in [0, 0.1) is 17.8 Å². The lowest BCUT2D eigenvalue weighted by Crippen LogP contribution is -2.60.